The number of likely N-dealkylation sites (N-methyl/N-ethyl adjacent to an activating group) is 1. The highest BCUT2D eigenvalue weighted by molar-refractivity contribution is 8.00. The molecule has 2 aliphatic heterocycles. The van der Waals surface area contributed by atoms with E-state index in [0.29, 0.717) is 0 Å². The molecule has 0 saturated heterocycles. The van der Waals surface area contributed by atoms with Crippen molar-refractivity contribution in [2.45, 2.75) is 10.3 Å². The first-order valence-corrected chi connectivity index (χ1v) is 9.90. The maximum absolute atomic E-state index is 6.17. The minimum atomic E-state index is 0.225. The highest BCUT2D eigenvalue weighted by atomic mass is 32.2. The van der Waals surface area contributed by atoms with Gasteiger partial charge in [0.1, 0.15) is 5.37 Å². The van der Waals surface area contributed by atoms with E-state index in [1.54, 1.807) is 0 Å². The molecule has 3 aromatic carbocycles. The van der Waals surface area contributed by atoms with E-state index in [0.717, 1.165) is 17.3 Å². The van der Waals surface area contributed by atoms with Gasteiger partial charge in [-0.05, 0) is 35.4 Å². The molecule has 2 heterocycles. The van der Waals surface area contributed by atoms with E-state index < -0.39 is 0 Å². The van der Waals surface area contributed by atoms with Gasteiger partial charge in [-0.2, -0.15) is 0 Å². The summed E-state index contributed by atoms with van der Waals surface area (Å²) in [4.78, 5) is 5.74. The van der Waals surface area contributed by atoms with E-state index >= 15 is 0 Å². The first-order valence-electron chi connectivity index (χ1n) is 9.02. The van der Waals surface area contributed by atoms with Crippen molar-refractivity contribution in [2.75, 3.05) is 23.9 Å². The normalized spacial score (nSPS) is 19.2. The molecule has 0 aliphatic carbocycles. The molecule has 0 N–H and O–H groups in total. The number of thioether (sulfide) groups is 1. The van der Waals surface area contributed by atoms with Crippen molar-refractivity contribution in [1.82, 2.24) is 0 Å². The van der Waals surface area contributed by atoms with Gasteiger partial charge in [0.2, 0.25) is 0 Å². The quantitative estimate of drug-likeness (QED) is 0.582. The van der Waals surface area contributed by atoms with E-state index in [1.165, 1.54) is 21.7 Å². The lowest BCUT2D eigenvalue weighted by molar-refractivity contribution is 0.441. The van der Waals surface area contributed by atoms with Gasteiger partial charge >= 0.3 is 0 Å². The highest BCUT2D eigenvalue weighted by Gasteiger charge is 2.30. The van der Waals surface area contributed by atoms with Crippen molar-refractivity contribution in [3.05, 3.63) is 84.8 Å². The van der Waals surface area contributed by atoms with E-state index in [-0.39, 0.29) is 5.37 Å². The van der Waals surface area contributed by atoms with Crippen LogP contribution in [0.2, 0.25) is 0 Å². The molecule has 2 aliphatic rings. The molecule has 5 rings (SSSR count). The predicted octanol–water partition coefficient (Wildman–Crippen LogP) is 5.59. The smallest absolute Gasteiger partial charge is 0.199 e. The first kappa shape index (κ1) is 16.3. The number of fused-ring (bicyclic) bond motifs is 2. The molecule has 0 radical (unpaired) electrons. The summed E-state index contributed by atoms with van der Waals surface area (Å²) in [7, 11) is 4.20. The average Bonchev–Trinajstić information content (AvgIpc) is 3.20. The van der Waals surface area contributed by atoms with Crippen LogP contribution in [0.15, 0.2) is 89.7 Å². The van der Waals surface area contributed by atoms with Crippen LogP contribution in [0, 0.1) is 0 Å². The molecule has 0 spiro atoms. The molecule has 0 aromatic heterocycles. The molecule has 1 atom stereocenters. The summed E-state index contributed by atoms with van der Waals surface area (Å²) in [6, 6.07) is 25.4. The van der Waals surface area contributed by atoms with Crippen LogP contribution < -0.4 is 14.5 Å². The Labute approximate surface area is 163 Å². The topological polar surface area (TPSA) is 15.7 Å². The van der Waals surface area contributed by atoms with Crippen molar-refractivity contribution in [1.29, 1.82) is 0 Å². The van der Waals surface area contributed by atoms with E-state index in [4.69, 9.17) is 4.74 Å². The number of rotatable bonds is 2. The van der Waals surface area contributed by atoms with Gasteiger partial charge in [0.15, 0.2) is 11.6 Å². The summed E-state index contributed by atoms with van der Waals surface area (Å²) in [5.74, 6) is 1.79. The summed E-state index contributed by atoms with van der Waals surface area (Å²) >= 11 is 1.85. The molecule has 0 saturated carbocycles. The van der Waals surface area contributed by atoms with Crippen LogP contribution in [-0.2, 0) is 0 Å². The summed E-state index contributed by atoms with van der Waals surface area (Å²) in [6.07, 6.45) is 2.20. The first-order chi connectivity index (χ1) is 13.2. The molecule has 3 nitrogen and oxygen atoms in total. The third-order valence-corrected chi connectivity index (χ3v) is 6.43. The van der Waals surface area contributed by atoms with Crippen molar-refractivity contribution in [2.24, 2.45) is 0 Å². The summed E-state index contributed by atoms with van der Waals surface area (Å²) < 4.78 is 6.17. The maximum Gasteiger partial charge on any atom is 0.199 e. The van der Waals surface area contributed by atoms with E-state index in [2.05, 4.69) is 96.7 Å². The Morgan fingerprint density at radius 3 is 2.44 bits per heavy atom. The number of benzene rings is 3. The lowest BCUT2D eigenvalue weighted by Gasteiger charge is -2.20. The minimum absolute atomic E-state index is 0.225. The highest BCUT2D eigenvalue weighted by Crippen LogP contribution is 2.45. The Balaban J connectivity index is 1.44. The van der Waals surface area contributed by atoms with Crippen molar-refractivity contribution < 1.29 is 4.74 Å². The SMILES string of the molecule is CN1C(=CC2Sc3ccccc3N2C)Oc2ccc(-c3ccccc3)cc21. The van der Waals surface area contributed by atoms with Crippen LogP contribution in [0.25, 0.3) is 11.1 Å². The lowest BCUT2D eigenvalue weighted by atomic mass is 10.0. The van der Waals surface area contributed by atoms with Crippen LogP contribution >= 0.6 is 11.8 Å². The Bertz CT molecular complexity index is 1030. The van der Waals surface area contributed by atoms with Crippen LogP contribution in [0.3, 0.4) is 0 Å². The number of nitrogens with zero attached hydrogens (tertiary/aromatic N) is 2. The fourth-order valence-electron chi connectivity index (χ4n) is 3.58. The zero-order chi connectivity index (χ0) is 18.4. The molecular weight excluding hydrogens is 352 g/mol. The number of anilines is 2. The molecule has 134 valence electrons. The van der Waals surface area contributed by atoms with Gasteiger partial charge in [0, 0.05) is 25.1 Å². The molecule has 0 bridgehead atoms. The fourth-order valence-corrected chi connectivity index (χ4v) is 4.79. The summed E-state index contributed by atoms with van der Waals surface area (Å²) in [6.45, 7) is 0. The Kier molecular flexibility index (Phi) is 3.87. The largest absolute Gasteiger partial charge is 0.439 e. The average molecular weight is 372 g/mol. The monoisotopic (exact) mass is 372 g/mol. The lowest BCUT2D eigenvalue weighted by Crippen LogP contribution is -2.25. The second-order valence-corrected chi connectivity index (χ2v) is 7.96. The van der Waals surface area contributed by atoms with Gasteiger partial charge in [-0.25, -0.2) is 0 Å². The second kappa shape index (κ2) is 6.39. The zero-order valence-corrected chi connectivity index (χ0v) is 16.1. The molecule has 3 aromatic rings. The second-order valence-electron chi connectivity index (χ2n) is 6.80. The molecular formula is C23H20N2OS. The third kappa shape index (κ3) is 2.77. The van der Waals surface area contributed by atoms with Gasteiger partial charge in [0.25, 0.3) is 0 Å². The molecule has 1 unspecified atom stereocenters. The van der Waals surface area contributed by atoms with Gasteiger partial charge in [-0.3, -0.25) is 0 Å². The number of ether oxygens (including phenoxy) is 1. The van der Waals surface area contributed by atoms with Crippen LogP contribution in [0.1, 0.15) is 0 Å². The zero-order valence-electron chi connectivity index (χ0n) is 15.3. The summed E-state index contributed by atoms with van der Waals surface area (Å²) in [5.41, 5.74) is 4.79. The van der Waals surface area contributed by atoms with Gasteiger partial charge in [-0.1, -0.05) is 60.3 Å². The fraction of sp³-hybridized carbons (Fsp3) is 0.130. The Hall–Kier alpha value is -2.85. The minimum Gasteiger partial charge on any atom is -0.439 e. The van der Waals surface area contributed by atoms with Crippen LogP contribution in [0.4, 0.5) is 11.4 Å². The number of hydrogen-bond donors (Lipinski definition) is 0. The molecule has 0 fully saturated rings. The van der Waals surface area contributed by atoms with Crippen molar-refractivity contribution in [3.8, 4) is 16.9 Å². The van der Waals surface area contributed by atoms with E-state index in [1.807, 2.05) is 17.8 Å². The van der Waals surface area contributed by atoms with E-state index in [9.17, 15) is 0 Å². The molecule has 0 amide bonds. The van der Waals surface area contributed by atoms with Crippen molar-refractivity contribution in [3.63, 3.8) is 0 Å². The van der Waals surface area contributed by atoms with Gasteiger partial charge < -0.3 is 14.5 Å². The van der Waals surface area contributed by atoms with Gasteiger partial charge in [-0.15, -0.1) is 0 Å². The van der Waals surface area contributed by atoms with Crippen LogP contribution in [0.5, 0.6) is 5.75 Å². The number of para-hydroxylation sites is 1. The maximum atomic E-state index is 6.17. The van der Waals surface area contributed by atoms with Gasteiger partial charge in [0.05, 0.1) is 11.4 Å². The third-order valence-electron chi connectivity index (χ3n) is 5.13. The molecule has 4 heteroatoms. The number of hydrogen-bond acceptors (Lipinski definition) is 4. The standard InChI is InChI=1S/C23H20N2OS/c1-24-19-14-17(16-8-4-3-5-9-16)12-13-20(19)26-22(24)15-23-25(2)18-10-6-7-11-21(18)27-23/h3-15,23H,1-2H3. The molecule has 27 heavy (non-hydrogen) atoms. The predicted molar refractivity (Wildman–Crippen MR) is 113 cm³/mol. The Morgan fingerprint density at radius 2 is 1.63 bits per heavy atom. The van der Waals surface area contributed by atoms with Crippen LogP contribution in [-0.4, -0.2) is 19.5 Å². The summed E-state index contributed by atoms with van der Waals surface area (Å²) in [5, 5.41) is 0.225. The van der Waals surface area contributed by atoms with Crippen molar-refractivity contribution >= 4 is 23.1 Å². The Morgan fingerprint density at radius 1 is 0.852 bits per heavy atom.